The van der Waals surface area contributed by atoms with Gasteiger partial charge in [0.05, 0.1) is 18.3 Å². The Balaban J connectivity index is 2.21. The molecule has 1 aliphatic heterocycles. The molecule has 0 amide bonds. The van der Waals surface area contributed by atoms with Gasteiger partial charge in [0.1, 0.15) is 6.10 Å². The van der Waals surface area contributed by atoms with Gasteiger partial charge in [-0.1, -0.05) is 6.08 Å². The number of carbonyl (C=O) groups excluding carboxylic acids is 1. The molecule has 5 nitrogen and oxygen atoms in total. The van der Waals surface area contributed by atoms with E-state index >= 15 is 0 Å². The van der Waals surface area contributed by atoms with Crippen molar-refractivity contribution in [3.05, 3.63) is 11.6 Å². The second kappa shape index (κ2) is 4.40. The van der Waals surface area contributed by atoms with Crippen LogP contribution < -0.4 is 5.73 Å². The van der Waals surface area contributed by atoms with E-state index in [9.17, 15) is 4.79 Å². The molecule has 2 N–H and O–H groups in total. The minimum absolute atomic E-state index is 0.163. The predicted octanol–water partition coefficient (Wildman–Crippen LogP) is 0.727. The molecular formula is C12H19NO4. The van der Waals surface area contributed by atoms with E-state index in [4.69, 9.17) is 19.9 Å². The van der Waals surface area contributed by atoms with E-state index in [1.165, 1.54) is 0 Å². The van der Waals surface area contributed by atoms with Crippen LogP contribution in [0.4, 0.5) is 0 Å². The summed E-state index contributed by atoms with van der Waals surface area (Å²) in [5.41, 5.74) is 6.37. The Morgan fingerprint density at radius 1 is 1.59 bits per heavy atom. The van der Waals surface area contributed by atoms with Crippen molar-refractivity contribution in [3.8, 4) is 0 Å². The zero-order valence-corrected chi connectivity index (χ0v) is 10.4. The Hall–Kier alpha value is -0.910. The van der Waals surface area contributed by atoms with Crippen LogP contribution in [0.5, 0.6) is 0 Å². The van der Waals surface area contributed by atoms with Crippen LogP contribution in [-0.4, -0.2) is 36.6 Å². The maximum absolute atomic E-state index is 11.8. The monoisotopic (exact) mass is 241 g/mol. The molecule has 5 heteroatoms. The highest BCUT2D eigenvalue weighted by atomic mass is 16.8. The average molecular weight is 241 g/mol. The lowest BCUT2D eigenvalue weighted by Gasteiger charge is -2.26. The van der Waals surface area contributed by atoms with Crippen LogP contribution in [0.3, 0.4) is 0 Å². The third kappa shape index (κ3) is 2.51. The number of hydrogen-bond donors (Lipinski definition) is 1. The Bertz CT molecular complexity index is 350. The highest BCUT2D eigenvalue weighted by molar-refractivity contribution is 5.90. The van der Waals surface area contributed by atoms with Crippen LogP contribution in [0.15, 0.2) is 11.6 Å². The minimum Gasteiger partial charge on any atom is -0.463 e. The first-order valence-electron chi connectivity index (χ1n) is 5.93. The molecule has 3 atom stereocenters. The lowest BCUT2D eigenvalue weighted by molar-refractivity contribution is -0.148. The van der Waals surface area contributed by atoms with Crippen LogP contribution in [0.2, 0.25) is 0 Å². The Kier molecular flexibility index (Phi) is 3.25. The van der Waals surface area contributed by atoms with Crippen molar-refractivity contribution < 1.29 is 19.0 Å². The van der Waals surface area contributed by atoms with Gasteiger partial charge in [0.25, 0.3) is 0 Å². The molecule has 0 bridgehead atoms. The van der Waals surface area contributed by atoms with E-state index < -0.39 is 5.79 Å². The van der Waals surface area contributed by atoms with Crippen molar-refractivity contribution in [3.63, 3.8) is 0 Å². The van der Waals surface area contributed by atoms with E-state index in [2.05, 4.69) is 0 Å². The zero-order valence-electron chi connectivity index (χ0n) is 10.4. The molecule has 1 aliphatic carbocycles. The summed E-state index contributed by atoms with van der Waals surface area (Å²) < 4.78 is 16.5. The van der Waals surface area contributed by atoms with Crippen LogP contribution >= 0.6 is 0 Å². The van der Waals surface area contributed by atoms with Crippen LogP contribution in [0.25, 0.3) is 0 Å². The number of hydrogen-bond acceptors (Lipinski definition) is 5. The lowest BCUT2D eigenvalue weighted by atomic mass is 9.91. The summed E-state index contributed by atoms with van der Waals surface area (Å²) in [6.45, 7) is 5.78. The normalized spacial score (nSPS) is 35.1. The van der Waals surface area contributed by atoms with Gasteiger partial charge in [0.2, 0.25) is 0 Å². The fourth-order valence-corrected chi connectivity index (χ4v) is 2.33. The number of rotatable bonds is 2. The van der Waals surface area contributed by atoms with Gasteiger partial charge in [0.15, 0.2) is 5.79 Å². The molecule has 96 valence electrons. The molecule has 1 heterocycles. The summed E-state index contributed by atoms with van der Waals surface area (Å²) in [6.07, 6.45) is 1.87. The molecule has 0 aromatic heterocycles. The van der Waals surface area contributed by atoms with E-state index in [0.29, 0.717) is 18.6 Å². The molecule has 0 aromatic rings. The predicted molar refractivity (Wildman–Crippen MR) is 61.1 cm³/mol. The maximum atomic E-state index is 11.8. The molecule has 17 heavy (non-hydrogen) atoms. The fraction of sp³-hybridized carbons (Fsp3) is 0.750. The molecule has 0 radical (unpaired) electrons. The van der Waals surface area contributed by atoms with Crippen molar-refractivity contribution in [2.75, 3.05) is 6.61 Å². The van der Waals surface area contributed by atoms with E-state index in [1.54, 1.807) is 13.0 Å². The van der Waals surface area contributed by atoms with Crippen LogP contribution in [0, 0.1) is 0 Å². The van der Waals surface area contributed by atoms with Crippen molar-refractivity contribution in [1.29, 1.82) is 0 Å². The molecule has 2 aliphatic rings. The maximum Gasteiger partial charge on any atom is 0.336 e. The van der Waals surface area contributed by atoms with Crippen molar-refractivity contribution in [1.82, 2.24) is 0 Å². The van der Waals surface area contributed by atoms with Gasteiger partial charge in [-0.3, -0.25) is 0 Å². The van der Waals surface area contributed by atoms with Crippen LogP contribution in [-0.2, 0) is 19.0 Å². The summed E-state index contributed by atoms with van der Waals surface area (Å²) in [6, 6.07) is -0.187. The first kappa shape index (κ1) is 12.5. The van der Waals surface area contributed by atoms with E-state index in [0.717, 1.165) is 0 Å². The number of esters is 1. The minimum atomic E-state index is -0.676. The average Bonchev–Trinajstić information content (AvgIpc) is 2.51. The Labute approximate surface area is 101 Å². The Morgan fingerprint density at radius 2 is 2.29 bits per heavy atom. The molecule has 2 rings (SSSR count). The second-order valence-electron chi connectivity index (χ2n) is 4.84. The zero-order chi connectivity index (χ0) is 12.6. The van der Waals surface area contributed by atoms with Gasteiger partial charge in [-0.15, -0.1) is 0 Å². The standard InChI is InChI=1S/C12H19NO4/c1-4-15-11(14)8-5-7(13)6-9-10(8)17-12(2,3)16-9/h5,7,9-10H,4,6,13H2,1-3H3. The van der Waals surface area contributed by atoms with Crippen molar-refractivity contribution >= 4 is 5.97 Å². The molecule has 3 unspecified atom stereocenters. The molecule has 0 saturated carbocycles. The first-order valence-corrected chi connectivity index (χ1v) is 5.93. The number of nitrogens with two attached hydrogens (primary N) is 1. The topological polar surface area (TPSA) is 70.8 Å². The van der Waals surface area contributed by atoms with Gasteiger partial charge in [0, 0.05) is 6.04 Å². The number of ether oxygens (including phenoxy) is 3. The smallest absolute Gasteiger partial charge is 0.336 e. The summed E-state index contributed by atoms with van der Waals surface area (Å²) in [7, 11) is 0. The van der Waals surface area contributed by atoms with Crippen molar-refractivity contribution in [2.24, 2.45) is 5.73 Å². The van der Waals surface area contributed by atoms with Gasteiger partial charge >= 0.3 is 5.97 Å². The molecular weight excluding hydrogens is 222 g/mol. The third-order valence-electron chi connectivity index (χ3n) is 2.90. The van der Waals surface area contributed by atoms with Crippen LogP contribution in [0.1, 0.15) is 27.2 Å². The molecule has 0 aromatic carbocycles. The van der Waals surface area contributed by atoms with Gasteiger partial charge in [-0.05, 0) is 27.2 Å². The quantitative estimate of drug-likeness (QED) is 0.721. The summed E-state index contributed by atoms with van der Waals surface area (Å²) >= 11 is 0. The van der Waals surface area contributed by atoms with Gasteiger partial charge in [-0.2, -0.15) is 0 Å². The summed E-state index contributed by atoms with van der Waals surface area (Å²) in [5, 5.41) is 0. The Morgan fingerprint density at radius 3 is 2.94 bits per heavy atom. The van der Waals surface area contributed by atoms with Gasteiger partial charge < -0.3 is 19.9 Å². The molecule has 1 fully saturated rings. The molecule has 0 spiro atoms. The molecule has 1 saturated heterocycles. The SMILES string of the molecule is CCOC(=O)C1=CC(N)CC2OC(C)(C)OC12. The summed E-state index contributed by atoms with van der Waals surface area (Å²) in [4.78, 5) is 11.8. The van der Waals surface area contributed by atoms with E-state index in [1.807, 2.05) is 13.8 Å². The van der Waals surface area contributed by atoms with Crippen molar-refractivity contribution in [2.45, 2.75) is 51.2 Å². The highest BCUT2D eigenvalue weighted by Gasteiger charge is 2.47. The van der Waals surface area contributed by atoms with Gasteiger partial charge in [-0.25, -0.2) is 4.79 Å². The first-order chi connectivity index (χ1) is 7.93. The largest absolute Gasteiger partial charge is 0.463 e. The second-order valence-corrected chi connectivity index (χ2v) is 4.84. The number of carbonyl (C=O) groups is 1. The lowest BCUT2D eigenvalue weighted by Crippen LogP contribution is -2.40. The summed E-state index contributed by atoms with van der Waals surface area (Å²) in [5.74, 6) is -1.04. The third-order valence-corrected chi connectivity index (χ3v) is 2.90. The highest BCUT2D eigenvalue weighted by Crippen LogP contribution is 2.37. The van der Waals surface area contributed by atoms with E-state index in [-0.39, 0.29) is 24.2 Å². The fourth-order valence-electron chi connectivity index (χ4n) is 2.33. The number of fused-ring (bicyclic) bond motifs is 1.